The molecule has 0 radical (unpaired) electrons. The summed E-state index contributed by atoms with van der Waals surface area (Å²) in [5, 5.41) is 9.21. The first-order chi connectivity index (χ1) is 8.53. The van der Waals surface area contributed by atoms with Crippen LogP contribution in [0.3, 0.4) is 0 Å². The van der Waals surface area contributed by atoms with Crippen molar-refractivity contribution in [3.05, 3.63) is 28.7 Å². The third kappa shape index (κ3) is 2.88. The van der Waals surface area contributed by atoms with Crippen LogP contribution in [0.2, 0.25) is 5.82 Å². The predicted octanol–water partition coefficient (Wildman–Crippen LogP) is 3.10. The Labute approximate surface area is 116 Å². The lowest BCUT2D eigenvalue weighted by molar-refractivity contribution is 0.0638. The molecule has 1 heterocycles. The summed E-state index contributed by atoms with van der Waals surface area (Å²) in [7, 11) is 0. The first-order valence-corrected chi connectivity index (χ1v) is 6.74. The van der Waals surface area contributed by atoms with Crippen LogP contribution >= 0.6 is 15.9 Å². The molecule has 1 fully saturated rings. The van der Waals surface area contributed by atoms with Crippen molar-refractivity contribution in [2.24, 2.45) is 0 Å². The Morgan fingerprint density at radius 2 is 2.17 bits per heavy atom. The van der Waals surface area contributed by atoms with Gasteiger partial charge in [-0.2, -0.15) is 0 Å². The first kappa shape index (κ1) is 13.4. The molecule has 18 heavy (non-hydrogen) atoms. The fourth-order valence-electron chi connectivity index (χ4n) is 2.21. The molecule has 0 aromatic heterocycles. The summed E-state index contributed by atoms with van der Waals surface area (Å²) >= 11 is 3.38. The van der Waals surface area contributed by atoms with E-state index in [0.29, 0.717) is 13.2 Å². The van der Waals surface area contributed by atoms with Gasteiger partial charge in [0.2, 0.25) is 0 Å². The fraction of sp³-hybridized carbons (Fsp3) is 0.462. The van der Waals surface area contributed by atoms with Crippen LogP contribution in [-0.4, -0.2) is 25.4 Å². The van der Waals surface area contributed by atoms with Gasteiger partial charge in [0.1, 0.15) is 5.75 Å². The standard InChI is InChI=1S/C13H15BBrNO2/c1-13(2)14(9-16)10(8-18-13)7-17-12-5-3-11(15)4-6-12/h3-6,10H,7-8H2,1-2H3. The van der Waals surface area contributed by atoms with Gasteiger partial charge in [0.15, 0.2) is 0 Å². The molecule has 0 N–H and O–H groups in total. The minimum atomic E-state index is -0.373. The molecular formula is C13H15BBrNO2. The highest BCUT2D eigenvalue weighted by Crippen LogP contribution is 2.32. The molecule has 1 atom stereocenters. The molecule has 1 saturated heterocycles. The van der Waals surface area contributed by atoms with E-state index >= 15 is 0 Å². The molecule has 1 aromatic carbocycles. The van der Waals surface area contributed by atoms with E-state index in [1.165, 1.54) is 0 Å². The number of nitrogens with zero attached hydrogens (tertiary/aromatic N) is 1. The summed E-state index contributed by atoms with van der Waals surface area (Å²) in [5.74, 6) is 3.29. The Balaban J connectivity index is 1.95. The molecule has 2 rings (SSSR count). The lowest BCUT2D eigenvalue weighted by Gasteiger charge is -2.19. The zero-order chi connectivity index (χ0) is 13.2. The van der Waals surface area contributed by atoms with Gasteiger partial charge in [0.05, 0.1) is 12.1 Å². The molecule has 1 unspecified atom stereocenters. The highest BCUT2D eigenvalue weighted by molar-refractivity contribution is 9.10. The van der Waals surface area contributed by atoms with E-state index in [4.69, 9.17) is 9.47 Å². The van der Waals surface area contributed by atoms with Crippen LogP contribution in [0, 0.1) is 11.2 Å². The highest BCUT2D eigenvalue weighted by atomic mass is 79.9. The molecule has 0 aliphatic carbocycles. The highest BCUT2D eigenvalue weighted by Gasteiger charge is 2.48. The Kier molecular flexibility index (Phi) is 3.99. The largest absolute Gasteiger partial charge is 0.494 e. The summed E-state index contributed by atoms with van der Waals surface area (Å²) in [4.78, 5) is 0. The average molecular weight is 308 g/mol. The fourth-order valence-corrected chi connectivity index (χ4v) is 2.48. The molecule has 0 saturated carbocycles. The van der Waals surface area contributed by atoms with E-state index in [-0.39, 0.29) is 18.0 Å². The van der Waals surface area contributed by atoms with Crippen LogP contribution in [-0.2, 0) is 4.74 Å². The minimum absolute atomic E-state index is 0.118. The number of ether oxygens (including phenoxy) is 2. The van der Waals surface area contributed by atoms with E-state index in [9.17, 15) is 5.26 Å². The van der Waals surface area contributed by atoms with Gasteiger partial charge in [-0.05, 0) is 38.1 Å². The van der Waals surface area contributed by atoms with E-state index in [2.05, 4.69) is 21.9 Å². The molecule has 0 bridgehead atoms. The quantitative estimate of drug-likeness (QED) is 0.806. The van der Waals surface area contributed by atoms with Gasteiger partial charge in [0, 0.05) is 22.9 Å². The van der Waals surface area contributed by atoms with E-state index in [0.717, 1.165) is 10.2 Å². The Bertz CT molecular complexity index is 455. The van der Waals surface area contributed by atoms with Crippen LogP contribution in [0.15, 0.2) is 28.7 Å². The smallest absolute Gasteiger partial charge is 0.310 e. The van der Waals surface area contributed by atoms with Crippen LogP contribution < -0.4 is 4.74 Å². The number of hydrogen-bond donors (Lipinski definition) is 0. The topological polar surface area (TPSA) is 42.2 Å². The Morgan fingerprint density at radius 1 is 1.50 bits per heavy atom. The molecule has 94 valence electrons. The van der Waals surface area contributed by atoms with Crippen molar-refractivity contribution in [2.75, 3.05) is 13.2 Å². The van der Waals surface area contributed by atoms with Crippen molar-refractivity contribution in [2.45, 2.75) is 25.2 Å². The number of nitriles is 1. The van der Waals surface area contributed by atoms with Gasteiger partial charge in [-0.1, -0.05) is 15.9 Å². The molecule has 1 aromatic rings. The molecule has 0 spiro atoms. The number of halogens is 1. The zero-order valence-corrected chi connectivity index (χ0v) is 12.1. The lowest BCUT2D eigenvalue weighted by Crippen LogP contribution is -2.38. The summed E-state index contributed by atoms with van der Waals surface area (Å²) in [6, 6.07) is 7.69. The summed E-state index contributed by atoms with van der Waals surface area (Å²) in [5.41, 5.74) is -0.373. The summed E-state index contributed by atoms with van der Waals surface area (Å²) < 4.78 is 12.4. The van der Waals surface area contributed by atoms with Gasteiger partial charge in [-0.25, -0.2) is 5.26 Å². The molecule has 5 heteroatoms. The van der Waals surface area contributed by atoms with Gasteiger partial charge in [-0.3, -0.25) is 0 Å². The second-order valence-corrected chi connectivity index (χ2v) is 5.96. The van der Waals surface area contributed by atoms with Gasteiger partial charge < -0.3 is 9.47 Å². The molecule has 1 aliphatic heterocycles. The van der Waals surface area contributed by atoms with Crippen molar-refractivity contribution in [3.63, 3.8) is 0 Å². The first-order valence-electron chi connectivity index (χ1n) is 5.95. The van der Waals surface area contributed by atoms with Crippen LogP contribution in [0.5, 0.6) is 5.75 Å². The molecule has 0 amide bonds. The SMILES string of the molecule is CC1(C)OCC(COc2ccc(Br)cc2)B1C#N. The van der Waals surface area contributed by atoms with Crippen LogP contribution in [0.4, 0.5) is 0 Å². The van der Waals surface area contributed by atoms with Gasteiger partial charge in [0.25, 0.3) is 0 Å². The predicted molar refractivity (Wildman–Crippen MR) is 74.8 cm³/mol. The van der Waals surface area contributed by atoms with E-state index in [1.54, 1.807) is 0 Å². The van der Waals surface area contributed by atoms with Crippen molar-refractivity contribution in [1.29, 1.82) is 5.26 Å². The van der Waals surface area contributed by atoms with Crippen LogP contribution in [0.25, 0.3) is 0 Å². The van der Waals surface area contributed by atoms with Gasteiger partial charge in [-0.15, -0.1) is 0 Å². The minimum Gasteiger partial charge on any atom is -0.494 e. The average Bonchev–Trinajstić information content (AvgIpc) is 2.63. The number of hydrogen-bond acceptors (Lipinski definition) is 3. The normalized spacial score (nSPS) is 21.7. The molecule has 3 nitrogen and oxygen atoms in total. The lowest BCUT2D eigenvalue weighted by atomic mass is 9.35. The Hall–Kier alpha value is -0.985. The number of rotatable bonds is 3. The Morgan fingerprint density at radius 3 is 2.78 bits per heavy atom. The van der Waals surface area contributed by atoms with E-state index < -0.39 is 0 Å². The maximum Gasteiger partial charge on any atom is 0.310 e. The number of benzene rings is 1. The molecular weight excluding hydrogens is 293 g/mol. The third-order valence-electron chi connectivity index (χ3n) is 3.31. The third-order valence-corrected chi connectivity index (χ3v) is 3.84. The monoisotopic (exact) mass is 307 g/mol. The van der Waals surface area contributed by atoms with Crippen LogP contribution in [0.1, 0.15) is 13.8 Å². The second-order valence-electron chi connectivity index (χ2n) is 5.05. The maximum absolute atomic E-state index is 9.21. The maximum atomic E-state index is 9.21. The van der Waals surface area contributed by atoms with Crippen molar-refractivity contribution < 1.29 is 9.47 Å². The van der Waals surface area contributed by atoms with Crippen molar-refractivity contribution in [1.82, 2.24) is 0 Å². The zero-order valence-electron chi connectivity index (χ0n) is 10.5. The van der Waals surface area contributed by atoms with Gasteiger partial charge >= 0.3 is 6.71 Å². The molecule has 1 aliphatic rings. The summed E-state index contributed by atoms with van der Waals surface area (Å²) in [6.45, 7) is 4.90. The summed E-state index contributed by atoms with van der Waals surface area (Å²) in [6.07, 6.45) is 0. The second kappa shape index (κ2) is 5.33. The van der Waals surface area contributed by atoms with Crippen molar-refractivity contribution in [3.8, 4) is 11.7 Å². The van der Waals surface area contributed by atoms with Crippen molar-refractivity contribution >= 4 is 22.6 Å². The van der Waals surface area contributed by atoms with E-state index in [1.807, 2.05) is 38.1 Å².